The van der Waals surface area contributed by atoms with E-state index >= 15 is 0 Å². The zero-order valence-electron chi connectivity index (χ0n) is 16.9. The highest BCUT2D eigenvalue weighted by atomic mass is 35.5. The van der Waals surface area contributed by atoms with E-state index in [-0.39, 0.29) is 12.5 Å². The number of nitrogens with zero attached hydrogens (tertiary/aromatic N) is 3. The normalized spacial score (nSPS) is 14.0. The highest BCUT2D eigenvalue weighted by Crippen LogP contribution is 2.29. The summed E-state index contributed by atoms with van der Waals surface area (Å²) in [6.45, 7) is 3.79. The number of benzene rings is 2. The lowest BCUT2D eigenvalue weighted by Crippen LogP contribution is -2.36. The van der Waals surface area contributed by atoms with Gasteiger partial charge < -0.3 is 19.3 Å². The molecule has 156 valence electrons. The lowest BCUT2D eigenvalue weighted by Gasteiger charge is -2.29. The van der Waals surface area contributed by atoms with Crippen LogP contribution in [0.3, 0.4) is 0 Å². The lowest BCUT2D eigenvalue weighted by atomic mass is 10.1. The summed E-state index contributed by atoms with van der Waals surface area (Å²) < 4.78 is 11.2. The van der Waals surface area contributed by atoms with Crippen LogP contribution in [0.2, 0.25) is 5.02 Å². The predicted molar refractivity (Wildman–Crippen MR) is 118 cm³/mol. The van der Waals surface area contributed by atoms with Crippen LogP contribution in [0.4, 0.5) is 5.69 Å². The molecular weight excluding hydrogens is 402 g/mol. The number of fused-ring (bicyclic) bond motifs is 1. The molecule has 1 amide bonds. The molecule has 0 atom stereocenters. The Balaban J connectivity index is 1.35. The summed E-state index contributed by atoms with van der Waals surface area (Å²) in [4.78, 5) is 20.9. The smallest absolute Gasteiger partial charge is 0.260 e. The number of pyridine rings is 1. The molecule has 1 aliphatic rings. The van der Waals surface area contributed by atoms with Crippen LogP contribution in [0, 0.1) is 0 Å². The van der Waals surface area contributed by atoms with E-state index < -0.39 is 0 Å². The van der Waals surface area contributed by atoms with Gasteiger partial charge in [0.25, 0.3) is 5.91 Å². The number of anilines is 1. The van der Waals surface area contributed by atoms with Gasteiger partial charge in [0.05, 0.1) is 18.2 Å². The second-order valence-corrected chi connectivity index (χ2v) is 7.66. The quantitative estimate of drug-likeness (QED) is 0.601. The van der Waals surface area contributed by atoms with Gasteiger partial charge >= 0.3 is 0 Å². The summed E-state index contributed by atoms with van der Waals surface area (Å²) in [6.07, 6.45) is 1.68. The highest BCUT2D eigenvalue weighted by Gasteiger charge is 2.14. The number of rotatable bonds is 6. The van der Waals surface area contributed by atoms with Crippen molar-refractivity contribution in [1.82, 2.24) is 9.88 Å². The molecule has 3 aromatic rings. The molecule has 1 aromatic heterocycles. The molecule has 0 aliphatic carbocycles. The van der Waals surface area contributed by atoms with Gasteiger partial charge in [0.15, 0.2) is 6.61 Å². The minimum absolute atomic E-state index is 0.0599. The van der Waals surface area contributed by atoms with Gasteiger partial charge in [-0.3, -0.25) is 9.78 Å². The fourth-order valence-electron chi connectivity index (χ4n) is 3.47. The number of carbonyl (C=O) groups excluding carboxylic acids is 1. The summed E-state index contributed by atoms with van der Waals surface area (Å²) in [5.41, 5.74) is 2.90. The fraction of sp³-hybridized carbons (Fsp3) is 0.304. The number of hydrogen-bond donors (Lipinski definition) is 0. The Morgan fingerprint density at radius 3 is 2.70 bits per heavy atom. The number of carbonyl (C=O) groups is 1. The Morgan fingerprint density at radius 2 is 1.93 bits per heavy atom. The molecule has 1 fully saturated rings. The summed E-state index contributed by atoms with van der Waals surface area (Å²) in [6, 6.07) is 15.5. The van der Waals surface area contributed by atoms with Crippen molar-refractivity contribution in [3.8, 4) is 5.75 Å². The van der Waals surface area contributed by atoms with Crippen molar-refractivity contribution >= 4 is 34.1 Å². The molecule has 7 heteroatoms. The van der Waals surface area contributed by atoms with E-state index in [1.807, 2.05) is 12.1 Å². The first-order valence-corrected chi connectivity index (χ1v) is 10.3. The third-order valence-electron chi connectivity index (χ3n) is 5.19. The monoisotopic (exact) mass is 425 g/mol. The average molecular weight is 426 g/mol. The number of morpholine rings is 1. The lowest BCUT2D eigenvalue weighted by molar-refractivity contribution is -0.132. The van der Waals surface area contributed by atoms with Crippen molar-refractivity contribution in [1.29, 1.82) is 0 Å². The summed E-state index contributed by atoms with van der Waals surface area (Å²) in [7, 11) is 1.78. The second-order valence-electron chi connectivity index (χ2n) is 7.25. The second kappa shape index (κ2) is 9.32. The Bertz CT molecular complexity index is 1020. The Kier molecular flexibility index (Phi) is 6.35. The third kappa shape index (κ3) is 4.66. The number of hydrogen-bond acceptors (Lipinski definition) is 5. The Labute approximate surface area is 181 Å². The van der Waals surface area contributed by atoms with Crippen LogP contribution in [-0.4, -0.2) is 55.7 Å². The first-order valence-electron chi connectivity index (χ1n) is 9.93. The van der Waals surface area contributed by atoms with Gasteiger partial charge in [-0.05, 0) is 42.0 Å². The molecule has 0 N–H and O–H groups in total. The fourth-order valence-corrected chi connectivity index (χ4v) is 3.69. The maximum atomic E-state index is 12.6. The van der Waals surface area contributed by atoms with E-state index in [0.717, 1.165) is 37.3 Å². The largest absolute Gasteiger partial charge is 0.481 e. The molecule has 0 unspecified atom stereocenters. The SMILES string of the molecule is CN(Cc1ccc(N2CCOCC2)cc1)C(=O)COc1ccc(Cl)c2cccnc12. The van der Waals surface area contributed by atoms with Crippen molar-refractivity contribution in [2.75, 3.05) is 44.9 Å². The standard InChI is InChI=1S/C23H24ClN3O3/c1-26(15-17-4-6-18(7-5-17)27-11-13-29-14-12-27)22(28)16-30-21-9-8-20(24)19-3-2-10-25-23(19)21/h2-10H,11-16H2,1H3. The number of likely N-dealkylation sites (N-methyl/N-ethyl adjacent to an activating group) is 1. The Hall–Kier alpha value is -2.83. The molecule has 0 bridgehead atoms. The molecule has 2 heterocycles. The van der Waals surface area contributed by atoms with E-state index in [1.165, 1.54) is 5.69 Å². The zero-order chi connectivity index (χ0) is 20.9. The van der Waals surface area contributed by atoms with Crippen LogP contribution in [0.15, 0.2) is 54.7 Å². The van der Waals surface area contributed by atoms with Gasteiger partial charge in [0.2, 0.25) is 0 Å². The summed E-state index contributed by atoms with van der Waals surface area (Å²) in [5, 5.41) is 1.41. The molecule has 2 aromatic carbocycles. The number of amides is 1. The van der Waals surface area contributed by atoms with Crippen molar-refractivity contribution in [3.05, 3.63) is 65.3 Å². The maximum Gasteiger partial charge on any atom is 0.260 e. The number of aromatic nitrogens is 1. The van der Waals surface area contributed by atoms with E-state index in [4.69, 9.17) is 21.1 Å². The number of ether oxygens (including phenoxy) is 2. The maximum absolute atomic E-state index is 12.6. The van der Waals surface area contributed by atoms with Gasteiger partial charge in [-0.15, -0.1) is 0 Å². The van der Waals surface area contributed by atoms with Gasteiger partial charge in [0.1, 0.15) is 11.3 Å². The van der Waals surface area contributed by atoms with E-state index in [0.29, 0.717) is 22.8 Å². The van der Waals surface area contributed by atoms with Crippen LogP contribution in [-0.2, 0) is 16.1 Å². The third-order valence-corrected chi connectivity index (χ3v) is 5.52. The van der Waals surface area contributed by atoms with E-state index in [1.54, 1.807) is 30.3 Å². The first kappa shape index (κ1) is 20.4. The molecule has 1 aliphatic heterocycles. The molecule has 6 nitrogen and oxygen atoms in total. The minimum Gasteiger partial charge on any atom is -0.481 e. The Morgan fingerprint density at radius 1 is 1.17 bits per heavy atom. The molecule has 30 heavy (non-hydrogen) atoms. The van der Waals surface area contributed by atoms with E-state index in [9.17, 15) is 4.79 Å². The highest BCUT2D eigenvalue weighted by molar-refractivity contribution is 6.35. The van der Waals surface area contributed by atoms with E-state index in [2.05, 4.69) is 34.1 Å². The van der Waals surface area contributed by atoms with Crippen molar-refractivity contribution in [2.45, 2.75) is 6.54 Å². The molecule has 0 saturated carbocycles. The molecule has 0 radical (unpaired) electrons. The van der Waals surface area contributed by atoms with Crippen LogP contribution in [0.5, 0.6) is 5.75 Å². The van der Waals surface area contributed by atoms with Crippen LogP contribution >= 0.6 is 11.6 Å². The van der Waals surface area contributed by atoms with Crippen molar-refractivity contribution < 1.29 is 14.3 Å². The summed E-state index contributed by atoms with van der Waals surface area (Å²) in [5.74, 6) is 0.443. The van der Waals surface area contributed by atoms with Crippen LogP contribution in [0.1, 0.15) is 5.56 Å². The van der Waals surface area contributed by atoms with Gasteiger partial charge in [-0.2, -0.15) is 0 Å². The minimum atomic E-state index is -0.105. The molecule has 4 rings (SSSR count). The molecular formula is C23H24ClN3O3. The van der Waals surface area contributed by atoms with Gasteiger partial charge in [-0.1, -0.05) is 23.7 Å². The van der Waals surface area contributed by atoms with Crippen LogP contribution in [0.25, 0.3) is 10.9 Å². The average Bonchev–Trinajstić information content (AvgIpc) is 2.80. The molecule has 0 spiro atoms. The number of halogens is 1. The topological polar surface area (TPSA) is 54.9 Å². The zero-order valence-corrected chi connectivity index (χ0v) is 17.6. The van der Waals surface area contributed by atoms with Crippen LogP contribution < -0.4 is 9.64 Å². The van der Waals surface area contributed by atoms with Gasteiger partial charge in [-0.25, -0.2) is 0 Å². The van der Waals surface area contributed by atoms with Crippen molar-refractivity contribution in [2.24, 2.45) is 0 Å². The summed E-state index contributed by atoms with van der Waals surface area (Å²) >= 11 is 6.21. The predicted octanol–water partition coefficient (Wildman–Crippen LogP) is 3.76. The molecule has 1 saturated heterocycles. The first-order chi connectivity index (χ1) is 14.6. The van der Waals surface area contributed by atoms with Crippen molar-refractivity contribution in [3.63, 3.8) is 0 Å². The van der Waals surface area contributed by atoms with Gasteiger partial charge in [0, 0.05) is 44.0 Å².